The Labute approximate surface area is 139 Å². The predicted molar refractivity (Wildman–Crippen MR) is 92.5 cm³/mol. The number of aryl methyl sites for hydroxylation is 1. The Morgan fingerprint density at radius 3 is 2.41 bits per heavy atom. The molecular weight excluding hydrogens is 344 g/mol. The maximum atomic E-state index is 11.7. The fraction of sp³-hybridized carbons (Fsp3) is 0.235. The zero-order valence-corrected chi connectivity index (χ0v) is 14.0. The number of hydrogen-bond acceptors (Lipinski definition) is 2. The fourth-order valence-electron chi connectivity index (χ4n) is 1.86. The first-order valence-electron chi connectivity index (χ1n) is 7.19. The van der Waals surface area contributed by atoms with Crippen molar-refractivity contribution in [3.05, 3.63) is 58.6 Å². The van der Waals surface area contributed by atoms with Gasteiger partial charge in [-0.1, -0.05) is 35.0 Å². The molecular formula is C17H19BrN2O2. The van der Waals surface area contributed by atoms with Crippen molar-refractivity contribution in [2.75, 3.05) is 18.5 Å². The third kappa shape index (κ3) is 5.41. The van der Waals surface area contributed by atoms with E-state index >= 15 is 0 Å². The molecule has 0 atom stereocenters. The van der Waals surface area contributed by atoms with Crippen LogP contribution in [0.2, 0.25) is 0 Å². The van der Waals surface area contributed by atoms with Crippen molar-refractivity contribution in [3.63, 3.8) is 0 Å². The molecule has 0 spiro atoms. The summed E-state index contributed by atoms with van der Waals surface area (Å²) in [6, 6.07) is 15.2. The van der Waals surface area contributed by atoms with Crippen LogP contribution in [-0.4, -0.2) is 19.2 Å². The third-order valence-electron chi connectivity index (χ3n) is 3.09. The average Bonchev–Trinajstić information content (AvgIpc) is 2.54. The number of carbonyl (C=O) groups is 1. The second kappa shape index (κ2) is 8.44. The van der Waals surface area contributed by atoms with E-state index in [-0.39, 0.29) is 6.03 Å². The minimum absolute atomic E-state index is 0.233. The molecule has 0 aliphatic rings. The molecule has 0 fully saturated rings. The Balaban J connectivity index is 1.67. The summed E-state index contributed by atoms with van der Waals surface area (Å²) in [5.41, 5.74) is 2.03. The molecule has 0 aliphatic carbocycles. The molecule has 0 unspecified atom stereocenters. The number of nitrogens with one attached hydrogen (secondary N) is 2. The lowest BCUT2D eigenvalue weighted by molar-refractivity contribution is 0.247. The Hall–Kier alpha value is -2.01. The molecule has 22 heavy (non-hydrogen) atoms. The largest absolute Gasteiger partial charge is 0.492 e. The molecule has 0 radical (unpaired) electrons. The Morgan fingerprint density at radius 2 is 1.77 bits per heavy atom. The summed E-state index contributed by atoms with van der Waals surface area (Å²) >= 11 is 3.37. The van der Waals surface area contributed by atoms with Crippen molar-refractivity contribution < 1.29 is 9.53 Å². The van der Waals surface area contributed by atoms with Gasteiger partial charge in [-0.05, 0) is 48.4 Å². The summed E-state index contributed by atoms with van der Waals surface area (Å²) in [5.74, 6) is 0.778. The van der Waals surface area contributed by atoms with E-state index < -0.39 is 0 Å². The SMILES string of the molecule is CCc1ccc(NC(=O)NCCOc2ccc(Br)cc2)cc1. The van der Waals surface area contributed by atoms with Gasteiger partial charge in [0, 0.05) is 10.2 Å². The van der Waals surface area contributed by atoms with Gasteiger partial charge in [-0.15, -0.1) is 0 Å². The highest BCUT2D eigenvalue weighted by atomic mass is 79.9. The molecule has 2 amide bonds. The van der Waals surface area contributed by atoms with Crippen LogP contribution < -0.4 is 15.4 Å². The Morgan fingerprint density at radius 1 is 1.09 bits per heavy atom. The van der Waals surface area contributed by atoms with Crippen molar-refractivity contribution in [2.45, 2.75) is 13.3 Å². The van der Waals surface area contributed by atoms with E-state index in [9.17, 15) is 4.79 Å². The van der Waals surface area contributed by atoms with Crippen LogP contribution in [0.15, 0.2) is 53.0 Å². The van der Waals surface area contributed by atoms with Crippen LogP contribution in [-0.2, 0) is 6.42 Å². The number of benzene rings is 2. The van der Waals surface area contributed by atoms with Gasteiger partial charge in [0.2, 0.25) is 0 Å². The zero-order chi connectivity index (χ0) is 15.8. The summed E-state index contributed by atoms with van der Waals surface area (Å²) in [5, 5.41) is 5.54. The van der Waals surface area contributed by atoms with Gasteiger partial charge >= 0.3 is 6.03 Å². The molecule has 0 aromatic heterocycles. The predicted octanol–water partition coefficient (Wildman–Crippen LogP) is 4.21. The molecule has 0 heterocycles. The molecule has 2 aromatic carbocycles. The molecule has 5 heteroatoms. The summed E-state index contributed by atoms with van der Waals surface area (Å²) in [4.78, 5) is 11.7. The van der Waals surface area contributed by atoms with Gasteiger partial charge in [0.15, 0.2) is 0 Å². The maximum Gasteiger partial charge on any atom is 0.319 e. The number of carbonyl (C=O) groups excluding carboxylic acids is 1. The molecule has 116 valence electrons. The minimum Gasteiger partial charge on any atom is -0.492 e. The number of anilines is 1. The van der Waals surface area contributed by atoms with Crippen LogP contribution >= 0.6 is 15.9 Å². The van der Waals surface area contributed by atoms with Gasteiger partial charge in [-0.2, -0.15) is 0 Å². The van der Waals surface area contributed by atoms with Crippen molar-refractivity contribution in [1.82, 2.24) is 5.32 Å². The van der Waals surface area contributed by atoms with Gasteiger partial charge in [0.25, 0.3) is 0 Å². The monoisotopic (exact) mass is 362 g/mol. The number of ether oxygens (including phenoxy) is 1. The average molecular weight is 363 g/mol. The van der Waals surface area contributed by atoms with Crippen LogP contribution in [0.3, 0.4) is 0 Å². The molecule has 0 bridgehead atoms. The first-order valence-corrected chi connectivity index (χ1v) is 7.99. The first-order chi connectivity index (χ1) is 10.7. The second-order valence-electron chi connectivity index (χ2n) is 4.73. The third-order valence-corrected chi connectivity index (χ3v) is 3.62. The molecule has 4 nitrogen and oxygen atoms in total. The van der Waals surface area contributed by atoms with E-state index in [0.717, 1.165) is 22.3 Å². The number of hydrogen-bond donors (Lipinski definition) is 2. The molecule has 2 aromatic rings. The number of rotatable bonds is 6. The van der Waals surface area contributed by atoms with E-state index in [4.69, 9.17) is 4.74 Å². The van der Waals surface area contributed by atoms with Crippen LogP contribution in [0.1, 0.15) is 12.5 Å². The van der Waals surface area contributed by atoms with Gasteiger partial charge < -0.3 is 15.4 Å². The van der Waals surface area contributed by atoms with E-state index in [1.807, 2.05) is 48.5 Å². The van der Waals surface area contributed by atoms with Crippen molar-refractivity contribution in [1.29, 1.82) is 0 Å². The van der Waals surface area contributed by atoms with E-state index in [1.165, 1.54) is 5.56 Å². The van der Waals surface area contributed by atoms with Gasteiger partial charge in [0.05, 0.1) is 6.54 Å². The van der Waals surface area contributed by atoms with Gasteiger partial charge in [0.1, 0.15) is 12.4 Å². The zero-order valence-electron chi connectivity index (χ0n) is 12.4. The van der Waals surface area contributed by atoms with Crippen LogP contribution in [0, 0.1) is 0 Å². The normalized spacial score (nSPS) is 10.1. The summed E-state index contributed by atoms with van der Waals surface area (Å²) in [6.45, 7) is 2.96. The molecule has 2 N–H and O–H groups in total. The van der Waals surface area contributed by atoms with E-state index in [1.54, 1.807) is 0 Å². The van der Waals surface area contributed by atoms with Crippen LogP contribution in [0.5, 0.6) is 5.75 Å². The lowest BCUT2D eigenvalue weighted by Crippen LogP contribution is -2.32. The van der Waals surface area contributed by atoms with Crippen molar-refractivity contribution >= 4 is 27.6 Å². The maximum absolute atomic E-state index is 11.7. The summed E-state index contributed by atoms with van der Waals surface area (Å²) < 4.78 is 6.53. The fourth-order valence-corrected chi connectivity index (χ4v) is 2.13. The van der Waals surface area contributed by atoms with Crippen LogP contribution in [0.4, 0.5) is 10.5 Å². The van der Waals surface area contributed by atoms with Crippen LogP contribution in [0.25, 0.3) is 0 Å². The highest BCUT2D eigenvalue weighted by molar-refractivity contribution is 9.10. The lowest BCUT2D eigenvalue weighted by Gasteiger charge is -2.09. The topological polar surface area (TPSA) is 50.4 Å². The van der Waals surface area contributed by atoms with E-state index in [0.29, 0.717) is 13.2 Å². The van der Waals surface area contributed by atoms with Crippen molar-refractivity contribution in [3.8, 4) is 5.75 Å². The molecule has 0 saturated carbocycles. The standard InChI is InChI=1S/C17H19BrN2O2/c1-2-13-3-7-15(8-4-13)20-17(21)19-11-12-22-16-9-5-14(18)6-10-16/h3-10H,2,11-12H2,1H3,(H2,19,20,21). The number of halogens is 1. The number of urea groups is 1. The molecule has 0 saturated heterocycles. The van der Waals surface area contributed by atoms with E-state index in [2.05, 4.69) is 33.5 Å². The van der Waals surface area contributed by atoms with Crippen molar-refractivity contribution in [2.24, 2.45) is 0 Å². The number of amides is 2. The summed E-state index contributed by atoms with van der Waals surface area (Å²) in [7, 11) is 0. The smallest absolute Gasteiger partial charge is 0.319 e. The quantitative estimate of drug-likeness (QED) is 0.756. The lowest BCUT2D eigenvalue weighted by atomic mass is 10.1. The highest BCUT2D eigenvalue weighted by Gasteiger charge is 2.01. The Kier molecular flexibility index (Phi) is 6.27. The first kappa shape index (κ1) is 16.4. The molecule has 0 aliphatic heterocycles. The summed E-state index contributed by atoms with van der Waals surface area (Å²) in [6.07, 6.45) is 0.986. The van der Waals surface area contributed by atoms with Gasteiger partial charge in [-0.25, -0.2) is 4.79 Å². The van der Waals surface area contributed by atoms with Gasteiger partial charge in [-0.3, -0.25) is 0 Å². The highest BCUT2D eigenvalue weighted by Crippen LogP contribution is 2.15. The minimum atomic E-state index is -0.233. The molecule has 2 rings (SSSR count). The second-order valence-corrected chi connectivity index (χ2v) is 5.65. The Bertz CT molecular complexity index is 597.